The van der Waals surface area contributed by atoms with Crippen molar-refractivity contribution in [2.75, 3.05) is 25.5 Å². The van der Waals surface area contributed by atoms with Crippen LogP contribution in [0, 0.1) is 6.92 Å². The number of carbonyl (C=O) groups is 2. The van der Waals surface area contributed by atoms with E-state index in [-0.39, 0.29) is 12.1 Å². The molecule has 3 amide bonds. The number of urea groups is 1. The number of carbonyl (C=O) groups excluding carboxylic acids is 2. The number of cyclic esters (lactones) is 1. The summed E-state index contributed by atoms with van der Waals surface area (Å²) in [7, 11) is 1.74. The molecule has 8 heteroatoms. The van der Waals surface area contributed by atoms with Gasteiger partial charge >= 0.3 is 12.1 Å². The quantitative estimate of drug-likeness (QED) is 0.889. The first-order valence-corrected chi connectivity index (χ1v) is 8.77. The molecule has 1 aliphatic heterocycles. The van der Waals surface area contributed by atoms with Gasteiger partial charge in [-0.2, -0.15) is 0 Å². The first-order valence-electron chi connectivity index (χ1n) is 7.95. The largest absolute Gasteiger partial charge is 0.448 e. The molecular weight excluding hydrogens is 340 g/mol. The molecule has 1 aromatic carbocycles. The van der Waals surface area contributed by atoms with Crippen molar-refractivity contribution in [3.8, 4) is 0 Å². The van der Waals surface area contributed by atoms with Gasteiger partial charge in [0.1, 0.15) is 6.61 Å². The van der Waals surface area contributed by atoms with Crippen molar-refractivity contribution in [3.05, 3.63) is 45.9 Å². The van der Waals surface area contributed by atoms with Crippen molar-refractivity contribution in [1.82, 2.24) is 14.8 Å². The van der Waals surface area contributed by atoms with Gasteiger partial charge in [-0.25, -0.2) is 14.6 Å². The van der Waals surface area contributed by atoms with Crippen LogP contribution in [-0.4, -0.2) is 47.1 Å². The second-order valence-electron chi connectivity index (χ2n) is 5.87. The zero-order chi connectivity index (χ0) is 17.8. The van der Waals surface area contributed by atoms with Crippen LogP contribution in [0.2, 0.25) is 0 Å². The molecule has 0 unspecified atom stereocenters. The van der Waals surface area contributed by atoms with Crippen LogP contribution < -0.4 is 5.32 Å². The van der Waals surface area contributed by atoms with E-state index in [1.165, 1.54) is 0 Å². The minimum absolute atomic E-state index is 0.191. The number of anilines is 1. The fraction of sp³-hybridized carbons (Fsp3) is 0.353. The summed E-state index contributed by atoms with van der Waals surface area (Å²) in [5, 5.41) is 3.87. The minimum atomic E-state index is -0.297. The number of hydrogen-bond acceptors (Lipinski definition) is 5. The third-order valence-corrected chi connectivity index (χ3v) is 4.70. The SMILES string of the molecule is Cc1ncc(CN(C)C(=O)Nc2cccc(CN3CCOC3=O)c2)s1. The third kappa shape index (κ3) is 4.48. The van der Waals surface area contributed by atoms with Gasteiger partial charge in [-0.15, -0.1) is 11.3 Å². The Bertz CT molecular complexity index is 777. The van der Waals surface area contributed by atoms with Crippen LogP contribution in [0.25, 0.3) is 0 Å². The number of nitrogens with one attached hydrogen (secondary N) is 1. The van der Waals surface area contributed by atoms with Gasteiger partial charge in [-0.05, 0) is 24.6 Å². The average molecular weight is 360 g/mol. The van der Waals surface area contributed by atoms with Crippen molar-refractivity contribution in [2.45, 2.75) is 20.0 Å². The number of ether oxygens (including phenoxy) is 1. The number of aromatic nitrogens is 1. The Morgan fingerprint density at radius 2 is 2.32 bits per heavy atom. The fourth-order valence-corrected chi connectivity index (χ4v) is 3.39. The maximum absolute atomic E-state index is 12.3. The van der Waals surface area contributed by atoms with Crippen LogP contribution in [0.5, 0.6) is 0 Å². The Kier molecular flexibility index (Phi) is 5.18. The summed E-state index contributed by atoms with van der Waals surface area (Å²) in [6, 6.07) is 7.29. The Balaban J connectivity index is 1.59. The van der Waals surface area contributed by atoms with Crippen LogP contribution in [0.1, 0.15) is 15.4 Å². The predicted molar refractivity (Wildman–Crippen MR) is 95.5 cm³/mol. The van der Waals surface area contributed by atoms with E-state index in [0.29, 0.717) is 31.9 Å². The number of hydrogen-bond donors (Lipinski definition) is 1. The van der Waals surface area contributed by atoms with Crippen molar-refractivity contribution in [2.24, 2.45) is 0 Å². The lowest BCUT2D eigenvalue weighted by molar-refractivity contribution is 0.157. The van der Waals surface area contributed by atoms with Crippen LogP contribution in [0.3, 0.4) is 0 Å². The molecule has 25 heavy (non-hydrogen) atoms. The van der Waals surface area contributed by atoms with Gasteiger partial charge in [0.15, 0.2) is 0 Å². The Morgan fingerprint density at radius 1 is 1.48 bits per heavy atom. The van der Waals surface area contributed by atoms with Crippen molar-refractivity contribution < 1.29 is 14.3 Å². The molecule has 132 valence electrons. The molecule has 1 aromatic heterocycles. The van der Waals surface area contributed by atoms with Gasteiger partial charge in [0.25, 0.3) is 0 Å². The molecule has 2 heterocycles. The number of thiazole rings is 1. The molecule has 0 atom stereocenters. The molecule has 0 spiro atoms. The van der Waals surface area contributed by atoms with Gasteiger partial charge in [-0.3, -0.25) is 0 Å². The van der Waals surface area contributed by atoms with Crippen molar-refractivity contribution in [1.29, 1.82) is 0 Å². The highest BCUT2D eigenvalue weighted by Gasteiger charge is 2.21. The molecule has 1 fully saturated rings. The average Bonchev–Trinajstić information content (AvgIpc) is 3.16. The summed E-state index contributed by atoms with van der Waals surface area (Å²) < 4.78 is 4.93. The normalized spacial score (nSPS) is 13.7. The van der Waals surface area contributed by atoms with Gasteiger partial charge in [0.2, 0.25) is 0 Å². The van der Waals surface area contributed by atoms with E-state index < -0.39 is 0 Å². The molecule has 0 radical (unpaired) electrons. The zero-order valence-electron chi connectivity index (χ0n) is 14.2. The predicted octanol–water partition coefficient (Wildman–Crippen LogP) is 3.07. The van der Waals surface area contributed by atoms with Gasteiger partial charge in [0.05, 0.1) is 18.1 Å². The standard InChI is InChI=1S/C17H20N4O3S/c1-12-18-9-15(25-12)11-20(2)16(22)19-14-5-3-4-13(8-14)10-21-6-7-24-17(21)23/h3-5,8-9H,6-7,10-11H2,1-2H3,(H,19,22). The maximum Gasteiger partial charge on any atom is 0.410 e. The molecular formula is C17H20N4O3S. The molecule has 0 aliphatic carbocycles. The molecule has 3 rings (SSSR count). The van der Waals surface area contributed by atoms with Crippen molar-refractivity contribution in [3.63, 3.8) is 0 Å². The smallest absolute Gasteiger partial charge is 0.410 e. The topological polar surface area (TPSA) is 74.8 Å². The van der Waals surface area contributed by atoms with Gasteiger partial charge in [-0.1, -0.05) is 12.1 Å². The summed E-state index contributed by atoms with van der Waals surface area (Å²) >= 11 is 1.58. The van der Waals surface area contributed by atoms with E-state index in [9.17, 15) is 9.59 Å². The number of rotatable bonds is 5. The van der Waals surface area contributed by atoms with Gasteiger partial charge < -0.3 is 19.9 Å². The molecule has 1 aliphatic rings. The highest BCUT2D eigenvalue weighted by Crippen LogP contribution is 2.17. The van der Waals surface area contributed by atoms with E-state index >= 15 is 0 Å². The molecule has 1 N–H and O–H groups in total. The van der Waals surface area contributed by atoms with E-state index in [2.05, 4.69) is 10.3 Å². The highest BCUT2D eigenvalue weighted by molar-refractivity contribution is 7.11. The fourth-order valence-electron chi connectivity index (χ4n) is 2.54. The number of nitrogens with zero attached hydrogens (tertiary/aromatic N) is 3. The Labute approximate surface area is 150 Å². The lowest BCUT2D eigenvalue weighted by Crippen LogP contribution is -2.30. The van der Waals surface area contributed by atoms with Crippen LogP contribution in [0.4, 0.5) is 15.3 Å². The maximum atomic E-state index is 12.3. The van der Waals surface area contributed by atoms with E-state index in [4.69, 9.17) is 4.74 Å². The van der Waals surface area contributed by atoms with Gasteiger partial charge in [0, 0.05) is 30.4 Å². The molecule has 1 saturated heterocycles. The number of aryl methyl sites for hydroxylation is 1. The van der Waals surface area contributed by atoms with E-state index in [1.54, 1.807) is 34.4 Å². The molecule has 2 aromatic rings. The van der Waals surface area contributed by atoms with Crippen LogP contribution in [-0.2, 0) is 17.8 Å². The van der Waals surface area contributed by atoms with Crippen molar-refractivity contribution >= 4 is 29.1 Å². The first kappa shape index (κ1) is 17.2. The minimum Gasteiger partial charge on any atom is -0.448 e. The molecule has 0 bridgehead atoms. The lowest BCUT2D eigenvalue weighted by Gasteiger charge is -2.18. The molecule has 0 saturated carbocycles. The summed E-state index contributed by atoms with van der Waals surface area (Å²) in [6.07, 6.45) is 1.49. The summed E-state index contributed by atoms with van der Waals surface area (Å²) in [5.41, 5.74) is 1.64. The monoisotopic (exact) mass is 360 g/mol. The number of benzene rings is 1. The second-order valence-corrected chi connectivity index (χ2v) is 7.19. The number of amides is 3. The molecule has 7 nitrogen and oxygen atoms in total. The third-order valence-electron chi connectivity index (χ3n) is 3.81. The van der Waals surface area contributed by atoms with Crippen LogP contribution >= 0.6 is 11.3 Å². The lowest BCUT2D eigenvalue weighted by atomic mass is 10.2. The summed E-state index contributed by atoms with van der Waals surface area (Å²) in [5.74, 6) is 0. The highest BCUT2D eigenvalue weighted by atomic mass is 32.1. The zero-order valence-corrected chi connectivity index (χ0v) is 15.0. The summed E-state index contributed by atoms with van der Waals surface area (Å²) in [4.78, 5) is 32.4. The summed E-state index contributed by atoms with van der Waals surface area (Å²) in [6.45, 7) is 3.94. The van der Waals surface area contributed by atoms with Crippen LogP contribution in [0.15, 0.2) is 30.5 Å². The van der Waals surface area contributed by atoms with E-state index in [0.717, 1.165) is 15.4 Å². The Morgan fingerprint density at radius 3 is 3.00 bits per heavy atom. The first-order chi connectivity index (χ1) is 12.0. The Hall–Kier alpha value is -2.61. The second kappa shape index (κ2) is 7.52. The van der Waals surface area contributed by atoms with E-state index in [1.807, 2.05) is 31.2 Å².